The van der Waals surface area contributed by atoms with Crippen LogP contribution in [-0.4, -0.2) is 34.1 Å². The lowest BCUT2D eigenvalue weighted by Gasteiger charge is -2.37. The minimum Gasteiger partial charge on any atom is -0.481 e. The zero-order valence-corrected chi connectivity index (χ0v) is 10.6. The van der Waals surface area contributed by atoms with E-state index < -0.39 is 5.97 Å². The molecule has 2 bridgehead atoms. The lowest BCUT2D eigenvalue weighted by Crippen LogP contribution is -2.43. The lowest BCUT2D eigenvalue weighted by molar-refractivity contribution is -0.142. The van der Waals surface area contributed by atoms with E-state index in [0.29, 0.717) is 18.1 Å². The molecule has 1 N–H and O–H groups in total. The van der Waals surface area contributed by atoms with Gasteiger partial charge in [0.05, 0.1) is 5.92 Å². The summed E-state index contributed by atoms with van der Waals surface area (Å²) in [6, 6.07) is 1.62. The van der Waals surface area contributed by atoms with E-state index in [-0.39, 0.29) is 5.92 Å². The molecule has 3 rings (SSSR count). The Bertz CT molecular complexity index is 317. The fourth-order valence-corrected chi connectivity index (χ4v) is 4.54. The van der Waals surface area contributed by atoms with Gasteiger partial charge in [-0.3, -0.25) is 9.69 Å². The molecule has 2 saturated heterocycles. The second-order valence-corrected chi connectivity index (χ2v) is 6.35. The smallest absolute Gasteiger partial charge is 0.308 e. The van der Waals surface area contributed by atoms with Gasteiger partial charge in [-0.2, -0.15) is 0 Å². The van der Waals surface area contributed by atoms with Crippen molar-refractivity contribution in [1.82, 2.24) is 4.90 Å². The Morgan fingerprint density at radius 3 is 2.53 bits per heavy atom. The monoisotopic (exact) mass is 237 g/mol. The van der Waals surface area contributed by atoms with Gasteiger partial charge in [0.15, 0.2) is 0 Å². The Morgan fingerprint density at radius 1 is 1.12 bits per heavy atom. The van der Waals surface area contributed by atoms with Crippen LogP contribution in [0.2, 0.25) is 0 Å². The fraction of sp³-hybridized carbons (Fsp3) is 0.929. The molecule has 0 radical (unpaired) electrons. The van der Waals surface area contributed by atoms with Crippen molar-refractivity contribution < 1.29 is 9.90 Å². The normalized spacial score (nSPS) is 46.3. The second kappa shape index (κ2) is 4.27. The van der Waals surface area contributed by atoms with Crippen LogP contribution in [0.4, 0.5) is 0 Å². The van der Waals surface area contributed by atoms with Gasteiger partial charge in [-0.05, 0) is 38.0 Å². The molecule has 1 aliphatic carbocycles. The molecule has 3 heteroatoms. The number of carbonyl (C=O) groups is 1. The summed E-state index contributed by atoms with van der Waals surface area (Å²) >= 11 is 0. The zero-order valence-electron chi connectivity index (χ0n) is 10.6. The molecule has 0 spiro atoms. The minimum atomic E-state index is -0.564. The van der Waals surface area contributed by atoms with E-state index in [1.807, 2.05) is 0 Å². The highest BCUT2D eigenvalue weighted by molar-refractivity contribution is 5.71. The largest absolute Gasteiger partial charge is 0.481 e. The Kier molecular flexibility index (Phi) is 2.89. The first-order chi connectivity index (χ1) is 8.16. The molecule has 3 nitrogen and oxygen atoms in total. The summed E-state index contributed by atoms with van der Waals surface area (Å²) in [6.07, 6.45) is 8.54. The van der Waals surface area contributed by atoms with Crippen LogP contribution in [-0.2, 0) is 4.79 Å². The number of hydrogen-bond acceptors (Lipinski definition) is 2. The third-order valence-corrected chi connectivity index (χ3v) is 5.24. The van der Waals surface area contributed by atoms with Gasteiger partial charge in [0.2, 0.25) is 0 Å². The van der Waals surface area contributed by atoms with Gasteiger partial charge in [0.25, 0.3) is 0 Å². The molecule has 96 valence electrons. The lowest BCUT2D eigenvalue weighted by atomic mass is 9.86. The van der Waals surface area contributed by atoms with Crippen molar-refractivity contribution in [3.05, 3.63) is 0 Å². The van der Waals surface area contributed by atoms with Crippen LogP contribution < -0.4 is 0 Å². The SMILES string of the molecule is CC1CCCC(N2C3CCC2C(C(=O)O)C3)C1. The number of nitrogens with zero attached hydrogens (tertiary/aromatic N) is 1. The van der Waals surface area contributed by atoms with Crippen molar-refractivity contribution in [2.24, 2.45) is 11.8 Å². The number of hydrogen-bond donors (Lipinski definition) is 1. The molecule has 0 aromatic heterocycles. The molecule has 17 heavy (non-hydrogen) atoms. The van der Waals surface area contributed by atoms with E-state index >= 15 is 0 Å². The number of fused-ring (bicyclic) bond motifs is 2. The summed E-state index contributed by atoms with van der Waals surface area (Å²) in [5, 5.41) is 9.28. The quantitative estimate of drug-likeness (QED) is 0.802. The maximum atomic E-state index is 11.3. The van der Waals surface area contributed by atoms with E-state index in [1.54, 1.807) is 0 Å². The molecular weight excluding hydrogens is 214 g/mol. The van der Waals surface area contributed by atoms with Crippen molar-refractivity contribution in [1.29, 1.82) is 0 Å². The average Bonchev–Trinajstić information content (AvgIpc) is 2.85. The van der Waals surface area contributed by atoms with Crippen LogP contribution >= 0.6 is 0 Å². The summed E-state index contributed by atoms with van der Waals surface area (Å²) in [5.74, 6) is 0.189. The molecule has 0 amide bonds. The average molecular weight is 237 g/mol. The van der Waals surface area contributed by atoms with Gasteiger partial charge in [-0.15, -0.1) is 0 Å². The van der Waals surface area contributed by atoms with Crippen LogP contribution in [0.5, 0.6) is 0 Å². The summed E-state index contributed by atoms with van der Waals surface area (Å²) in [5.41, 5.74) is 0. The molecule has 2 aliphatic heterocycles. The third kappa shape index (κ3) is 1.88. The van der Waals surface area contributed by atoms with Crippen LogP contribution in [0, 0.1) is 11.8 Å². The van der Waals surface area contributed by atoms with E-state index in [9.17, 15) is 9.90 Å². The molecule has 0 aromatic rings. The topological polar surface area (TPSA) is 40.5 Å². The maximum Gasteiger partial charge on any atom is 0.308 e. The summed E-state index contributed by atoms with van der Waals surface area (Å²) in [7, 11) is 0. The standard InChI is InChI=1S/C14H23NO2/c1-9-3-2-4-10(7-9)15-11-5-6-13(15)12(8-11)14(16)17/h9-13H,2-8H2,1H3,(H,16,17). The highest BCUT2D eigenvalue weighted by atomic mass is 16.4. The van der Waals surface area contributed by atoms with Crippen molar-refractivity contribution in [3.63, 3.8) is 0 Å². The van der Waals surface area contributed by atoms with Crippen molar-refractivity contribution in [2.75, 3.05) is 0 Å². The van der Waals surface area contributed by atoms with Gasteiger partial charge < -0.3 is 5.11 Å². The Labute approximate surface area is 103 Å². The molecule has 0 aromatic carbocycles. The Balaban J connectivity index is 1.74. The predicted molar refractivity (Wildman–Crippen MR) is 65.8 cm³/mol. The molecule has 2 heterocycles. The molecule has 3 fully saturated rings. The van der Waals surface area contributed by atoms with Gasteiger partial charge in [0, 0.05) is 18.1 Å². The number of rotatable bonds is 2. The van der Waals surface area contributed by atoms with Gasteiger partial charge in [0.1, 0.15) is 0 Å². The van der Waals surface area contributed by atoms with E-state index in [0.717, 1.165) is 18.8 Å². The summed E-state index contributed by atoms with van der Waals surface area (Å²) in [4.78, 5) is 13.9. The summed E-state index contributed by atoms with van der Waals surface area (Å²) < 4.78 is 0. The Morgan fingerprint density at radius 2 is 1.88 bits per heavy atom. The van der Waals surface area contributed by atoms with Gasteiger partial charge in [-0.25, -0.2) is 0 Å². The number of carboxylic acids is 1. The first-order valence-electron chi connectivity index (χ1n) is 7.17. The first-order valence-corrected chi connectivity index (χ1v) is 7.17. The number of aliphatic carboxylic acids is 1. The zero-order chi connectivity index (χ0) is 12.0. The minimum absolute atomic E-state index is 0.0778. The van der Waals surface area contributed by atoms with Crippen LogP contribution in [0.1, 0.15) is 51.9 Å². The van der Waals surface area contributed by atoms with Crippen molar-refractivity contribution >= 4 is 5.97 Å². The van der Waals surface area contributed by atoms with Crippen LogP contribution in [0.25, 0.3) is 0 Å². The Hall–Kier alpha value is -0.570. The van der Waals surface area contributed by atoms with Gasteiger partial charge >= 0.3 is 5.97 Å². The highest BCUT2D eigenvalue weighted by Gasteiger charge is 2.51. The van der Waals surface area contributed by atoms with E-state index in [2.05, 4.69) is 11.8 Å². The molecule has 5 unspecified atom stereocenters. The van der Waals surface area contributed by atoms with Crippen LogP contribution in [0.15, 0.2) is 0 Å². The maximum absolute atomic E-state index is 11.3. The van der Waals surface area contributed by atoms with Crippen molar-refractivity contribution in [3.8, 4) is 0 Å². The predicted octanol–water partition coefficient (Wildman–Crippen LogP) is 2.50. The van der Waals surface area contributed by atoms with E-state index in [1.165, 1.54) is 32.1 Å². The summed E-state index contributed by atoms with van der Waals surface area (Å²) in [6.45, 7) is 2.35. The van der Waals surface area contributed by atoms with E-state index in [4.69, 9.17) is 0 Å². The molecule has 1 saturated carbocycles. The number of carboxylic acid groups (broad SMARTS) is 1. The molecule has 3 aliphatic rings. The van der Waals surface area contributed by atoms with Crippen molar-refractivity contribution in [2.45, 2.75) is 70.0 Å². The molecule has 5 atom stereocenters. The molecular formula is C14H23NO2. The first kappa shape index (κ1) is 11.5. The van der Waals surface area contributed by atoms with Gasteiger partial charge in [-0.1, -0.05) is 19.8 Å². The van der Waals surface area contributed by atoms with Crippen LogP contribution in [0.3, 0.4) is 0 Å². The highest BCUT2D eigenvalue weighted by Crippen LogP contribution is 2.45. The third-order valence-electron chi connectivity index (χ3n) is 5.24. The second-order valence-electron chi connectivity index (χ2n) is 6.35. The fourth-order valence-electron chi connectivity index (χ4n) is 4.54.